The predicted octanol–water partition coefficient (Wildman–Crippen LogP) is 5.00. The molecular weight excluding hydrogens is 602 g/mol. The van der Waals surface area contributed by atoms with Gasteiger partial charge in [0.1, 0.15) is 41.9 Å². The van der Waals surface area contributed by atoms with Crippen LogP contribution in [-0.4, -0.2) is 62.5 Å². The molecule has 4 atom stereocenters. The highest BCUT2D eigenvalue weighted by Gasteiger charge is 2.61. The minimum absolute atomic E-state index is 0.149. The lowest BCUT2D eigenvalue weighted by Crippen LogP contribution is -2.49. The average Bonchev–Trinajstić information content (AvgIpc) is 3.60. The first kappa shape index (κ1) is 31.4. The van der Waals surface area contributed by atoms with Gasteiger partial charge >= 0.3 is 17.9 Å². The fourth-order valence-corrected chi connectivity index (χ4v) is 5.47. The number of carbonyl (C=O) groups is 3. The van der Waals surface area contributed by atoms with Gasteiger partial charge in [-0.2, -0.15) is 5.10 Å². The molecule has 47 heavy (non-hydrogen) atoms. The molecule has 1 fully saturated rings. The summed E-state index contributed by atoms with van der Waals surface area (Å²) in [5, 5.41) is 7.25. The SMILES string of the molecule is Cc1ccc(C(=O)OC[C@H]2O[C@@H](c3n[nH]c4c(N)ncnc34)[C@](C)(OC(=O)c3ccc(C)cc3)[C@@H]2OC(=O)c2ccc(C)cc2)cc1. The molecule has 2 aromatic heterocycles. The highest BCUT2D eigenvalue weighted by atomic mass is 16.7. The molecule has 0 bridgehead atoms. The van der Waals surface area contributed by atoms with Gasteiger partial charge < -0.3 is 24.7 Å². The number of nitrogens with one attached hydrogen (secondary N) is 1. The van der Waals surface area contributed by atoms with Crippen molar-refractivity contribution in [1.29, 1.82) is 0 Å². The Hall–Kier alpha value is -5.62. The first-order valence-corrected chi connectivity index (χ1v) is 14.9. The number of esters is 3. The Morgan fingerprint density at radius 3 is 1.91 bits per heavy atom. The van der Waals surface area contributed by atoms with Crippen molar-refractivity contribution in [3.8, 4) is 0 Å². The maximum atomic E-state index is 13.7. The highest BCUT2D eigenvalue weighted by Crippen LogP contribution is 2.47. The van der Waals surface area contributed by atoms with Crippen LogP contribution < -0.4 is 5.73 Å². The number of hydrogen-bond donors (Lipinski definition) is 2. The molecule has 6 rings (SSSR count). The summed E-state index contributed by atoms with van der Waals surface area (Å²) in [6.45, 7) is 6.95. The molecule has 0 aliphatic carbocycles. The van der Waals surface area contributed by atoms with Gasteiger partial charge in [0.15, 0.2) is 17.5 Å². The molecule has 0 spiro atoms. The molecule has 12 nitrogen and oxygen atoms in total. The molecule has 12 heteroatoms. The molecular formula is C35H33N5O7. The second-order valence-corrected chi connectivity index (χ2v) is 11.7. The summed E-state index contributed by atoms with van der Waals surface area (Å²) in [4.78, 5) is 48.7. The van der Waals surface area contributed by atoms with Gasteiger partial charge in [-0.25, -0.2) is 24.4 Å². The third kappa shape index (κ3) is 6.27. The standard InChI is InChI=1S/C35H33N5O7/c1-19-5-11-22(12-6-19)32(41)44-17-25-29(46-33(42)23-13-7-20(2)8-14-23)35(4,47-34(43)24-15-9-21(3)10-16-24)30(45-25)27-26-28(40-39-27)31(36)38-18-37-26/h5-16,18,25,29-30H,17H2,1-4H3,(H,39,40)(H2,36,37,38)/t25-,29-,30+,35-/m1/s1. The summed E-state index contributed by atoms with van der Waals surface area (Å²) >= 11 is 0. The Kier molecular flexibility index (Phi) is 8.44. The van der Waals surface area contributed by atoms with E-state index in [1.165, 1.54) is 6.33 Å². The highest BCUT2D eigenvalue weighted by molar-refractivity contribution is 5.91. The second kappa shape index (κ2) is 12.6. The summed E-state index contributed by atoms with van der Waals surface area (Å²) in [5.41, 5.74) is 9.03. The van der Waals surface area contributed by atoms with Crippen molar-refractivity contribution in [3.05, 3.63) is 118 Å². The van der Waals surface area contributed by atoms with Crippen LogP contribution in [0.2, 0.25) is 0 Å². The molecule has 3 aromatic carbocycles. The van der Waals surface area contributed by atoms with Gasteiger partial charge in [0, 0.05) is 0 Å². The van der Waals surface area contributed by atoms with Gasteiger partial charge in [0.05, 0.1) is 16.7 Å². The Balaban J connectivity index is 1.41. The van der Waals surface area contributed by atoms with E-state index >= 15 is 0 Å². The number of ether oxygens (including phenoxy) is 4. The molecule has 1 aliphatic heterocycles. The Morgan fingerprint density at radius 1 is 0.809 bits per heavy atom. The van der Waals surface area contributed by atoms with E-state index in [2.05, 4.69) is 20.2 Å². The molecule has 0 saturated carbocycles. The van der Waals surface area contributed by atoms with Gasteiger partial charge in [-0.1, -0.05) is 53.1 Å². The topological polar surface area (TPSA) is 169 Å². The van der Waals surface area contributed by atoms with E-state index in [0.29, 0.717) is 16.6 Å². The average molecular weight is 636 g/mol. The molecule has 5 aromatic rings. The molecule has 240 valence electrons. The number of aromatic nitrogens is 4. The largest absolute Gasteiger partial charge is 0.459 e. The fraction of sp³-hybridized carbons (Fsp3) is 0.257. The zero-order valence-corrected chi connectivity index (χ0v) is 26.2. The Labute approximate surface area is 270 Å². The van der Waals surface area contributed by atoms with Crippen LogP contribution in [0.4, 0.5) is 5.82 Å². The van der Waals surface area contributed by atoms with Crippen molar-refractivity contribution in [3.63, 3.8) is 0 Å². The van der Waals surface area contributed by atoms with E-state index in [-0.39, 0.29) is 29.2 Å². The van der Waals surface area contributed by atoms with E-state index in [1.54, 1.807) is 79.7 Å². The van der Waals surface area contributed by atoms with Crippen LogP contribution in [-0.2, 0) is 18.9 Å². The van der Waals surface area contributed by atoms with Crippen LogP contribution in [0, 0.1) is 20.8 Å². The number of aryl methyl sites for hydroxylation is 3. The summed E-state index contributed by atoms with van der Waals surface area (Å²) in [5.74, 6) is -1.84. The fourth-order valence-electron chi connectivity index (χ4n) is 5.47. The number of nitrogens with zero attached hydrogens (tertiary/aromatic N) is 3. The van der Waals surface area contributed by atoms with Crippen molar-refractivity contribution in [1.82, 2.24) is 20.2 Å². The quantitative estimate of drug-likeness (QED) is 0.174. The first-order chi connectivity index (χ1) is 22.5. The van der Waals surface area contributed by atoms with E-state index in [0.717, 1.165) is 16.7 Å². The van der Waals surface area contributed by atoms with Crippen LogP contribution in [0.3, 0.4) is 0 Å². The van der Waals surface area contributed by atoms with Crippen LogP contribution in [0.15, 0.2) is 79.1 Å². The molecule has 0 amide bonds. The van der Waals surface area contributed by atoms with Gasteiger partial charge in [0.2, 0.25) is 0 Å². The minimum Gasteiger partial charge on any atom is -0.459 e. The number of nitrogen functional groups attached to an aromatic ring is 1. The Morgan fingerprint density at radius 2 is 1.34 bits per heavy atom. The number of benzene rings is 3. The van der Waals surface area contributed by atoms with Gasteiger partial charge in [0.25, 0.3) is 0 Å². The van der Waals surface area contributed by atoms with Gasteiger partial charge in [-0.05, 0) is 64.1 Å². The zero-order chi connectivity index (χ0) is 33.3. The maximum absolute atomic E-state index is 13.7. The summed E-state index contributed by atoms with van der Waals surface area (Å²) in [6.07, 6.45) is -2.24. The van der Waals surface area contributed by atoms with E-state index in [4.69, 9.17) is 24.7 Å². The van der Waals surface area contributed by atoms with Crippen LogP contribution in [0.25, 0.3) is 11.0 Å². The number of nitrogens with two attached hydrogens (primary N) is 1. The molecule has 1 saturated heterocycles. The van der Waals surface area contributed by atoms with Crippen molar-refractivity contribution in [2.75, 3.05) is 12.3 Å². The summed E-state index contributed by atoms with van der Waals surface area (Å²) in [7, 11) is 0. The van der Waals surface area contributed by atoms with E-state index in [1.807, 2.05) is 20.8 Å². The summed E-state index contributed by atoms with van der Waals surface area (Å²) in [6, 6.07) is 20.6. The zero-order valence-electron chi connectivity index (χ0n) is 26.2. The third-order valence-electron chi connectivity index (χ3n) is 8.18. The third-order valence-corrected chi connectivity index (χ3v) is 8.18. The van der Waals surface area contributed by atoms with E-state index < -0.39 is 41.8 Å². The van der Waals surface area contributed by atoms with E-state index in [9.17, 15) is 14.4 Å². The predicted molar refractivity (Wildman–Crippen MR) is 171 cm³/mol. The van der Waals surface area contributed by atoms with Crippen LogP contribution in [0.1, 0.15) is 66.5 Å². The number of H-pyrrole nitrogens is 1. The smallest absolute Gasteiger partial charge is 0.338 e. The van der Waals surface area contributed by atoms with Crippen molar-refractivity contribution in [2.45, 2.75) is 51.6 Å². The monoisotopic (exact) mass is 635 g/mol. The normalized spacial score (nSPS) is 20.6. The van der Waals surface area contributed by atoms with Crippen molar-refractivity contribution in [2.24, 2.45) is 0 Å². The van der Waals surface area contributed by atoms with Crippen molar-refractivity contribution >= 4 is 34.8 Å². The minimum atomic E-state index is -1.70. The molecule has 3 N–H and O–H groups in total. The first-order valence-electron chi connectivity index (χ1n) is 14.9. The molecule has 0 radical (unpaired) electrons. The maximum Gasteiger partial charge on any atom is 0.338 e. The van der Waals surface area contributed by atoms with Gasteiger partial charge in [-0.3, -0.25) is 5.10 Å². The van der Waals surface area contributed by atoms with Gasteiger partial charge in [-0.15, -0.1) is 0 Å². The second-order valence-electron chi connectivity index (χ2n) is 11.7. The number of hydrogen-bond acceptors (Lipinski definition) is 11. The molecule has 3 heterocycles. The summed E-state index contributed by atoms with van der Waals surface area (Å²) < 4.78 is 24.5. The Bertz CT molecular complexity index is 1940. The number of anilines is 1. The molecule has 1 aliphatic rings. The lowest BCUT2D eigenvalue weighted by Gasteiger charge is -2.34. The molecule has 0 unspecified atom stereocenters. The number of carbonyl (C=O) groups excluding carboxylic acids is 3. The lowest BCUT2D eigenvalue weighted by atomic mass is 9.89. The lowest BCUT2D eigenvalue weighted by molar-refractivity contribution is -0.0894. The van der Waals surface area contributed by atoms with Crippen LogP contribution in [0.5, 0.6) is 0 Å². The number of fused-ring (bicyclic) bond motifs is 1. The van der Waals surface area contributed by atoms with Crippen molar-refractivity contribution < 1.29 is 33.3 Å². The van der Waals surface area contributed by atoms with Crippen LogP contribution >= 0.6 is 0 Å². The number of rotatable bonds is 8. The number of aromatic amines is 1.